The standard InChI is InChI=1S/C20H17O2Si/c23-15-20(22-18-11-5-2-6-12-18)16-8-7-13-19(14-16)21-17-9-3-1-4-10-17/h1-14,20H,15H2. The van der Waals surface area contributed by atoms with Crippen molar-refractivity contribution in [3.8, 4) is 17.2 Å². The van der Waals surface area contributed by atoms with E-state index in [-0.39, 0.29) is 6.10 Å². The lowest BCUT2D eigenvalue weighted by Crippen LogP contribution is -2.07. The van der Waals surface area contributed by atoms with E-state index in [0.717, 1.165) is 22.8 Å². The van der Waals surface area contributed by atoms with E-state index in [1.54, 1.807) is 0 Å². The van der Waals surface area contributed by atoms with Crippen LogP contribution >= 0.6 is 0 Å². The third-order valence-electron chi connectivity index (χ3n) is 3.42. The van der Waals surface area contributed by atoms with E-state index in [4.69, 9.17) is 9.47 Å². The lowest BCUT2D eigenvalue weighted by Gasteiger charge is -2.18. The van der Waals surface area contributed by atoms with E-state index in [1.165, 1.54) is 0 Å². The van der Waals surface area contributed by atoms with Gasteiger partial charge in [0.2, 0.25) is 0 Å². The van der Waals surface area contributed by atoms with Crippen molar-refractivity contribution in [3.05, 3.63) is 90.5 Å². The summed E-state index contributed by atoms with van der Waals surface area (Å²) in [7, 11) is 3.59. The van der Waals surface area contributed by atoms with Crippen LogP contribution in [0.1, 0.15) is 11.7 Å². The fourth-order valence-corrected chi connectivity index (χ4v) is 2.61. The molecular formula is C20H17O2Si. The van der Waals surface area contributed by atoms with E-state index >= 15 is 0 Å². The number of hydrogen-bond acceptors (Lipinski definition) is 2. The molecule has 0 heterocycles. The Morgan fingerprint density at radius 2 is 1.30 bits per heavy atom. The molecule has 0 spiro atoms. The first-order chi connectivity index (χ1) is 11.3. The Morgan fingerprint density at radius 1 is 0.696 bits per heavy atom. The van der Waals surface area contributed by atoms with Crippen LogP contribution in [0.25, 0.3) is 0 Å². The number of rotatable bonds is 6. The zero-order valence-electron chi connectivity index (χ0n) is 12.7. The summed E-state index contributed by atoms with van der Waals surface area (Å²) in [6, 6.07) is 28.3. The van der Waals surface area contributed by atoms with Gasteiger partial charge in [0.15, 0.2) is 0 Å². The third kappa shape index (κ3) is 4.24. The molecule has 0 aromatic heterocycles. The van der Waals surface area contributed by atoms with Crippen molar-refractivity contribution < 1.29 is 9.47 Å². The molecule has 0 N–H and O–H groups in total. The van der Waals surface area contributed by atoms with E-state index in [0.29, 0.717) is 6.04 Å². The van der Waals surface area contributed by atoms with Crippen molar-refractivity contribution in [1.82, 2.24) is 0 Å². The number of benzene rings is 3. The molecule has 0 saturated heterocycles. The second-order valence-corrected chi connectivity index (χ2v) is 5.52. The van der Waals surface area contributed by atoms with Crippen molar-refractivity contribution in [2.75, 3.05) is 0 Å². The molecule has 23 heavy (non-hydrogen) atoms. The summed E-state index contributed by atoms with van der Waals surface area (Å²) < 4.78 is 11.9. The molecule has 1 atom stereocenters. The van der Waals surface area contributed by atoms with E-state index in [2.05, 4.69) is 10.2 Å². The van der Waals surface area contributed by atoms with Gasteiger partial charge >= 0.3 is 0 Å². The molecule has 0 amide bonds. The van der Waals surface area contributed by atoms with Crippen molar-refractivity contribution >= 4 is 10.2 Å². The van der Waals surface area contributed by atoms with Gasteiger partial charge in [-0.05, 0) is 48.0 Å². The summed E-state index contributed by atoms with van der Waals surface area (Å²) in [5.74, 6) is 2.48. The lowest BCUT2D eigenvalue weighted by atomic mass is 10.1. The topological polar surface area (TPSA) is 18.5 Å². The molecule has 0 aliphatic rings. The predicted octanol–water partition coefficient (Wildman–Crippen LogP) is 5.19. The summed E-state index contributed by atoms with van der Waals surface area (Å²) in [5.41, 5.74) is 1.07. The van der Waals surface area contributed by atoms with E-state index < -0.39 is 0 Å². The SMILES string of the molecule is [Si]CC(Oc1ccccc1)c1cccc(Oc2ccccc2)c1. The molecule has 3 rings (SSSR count). The molecule has 2 nitrogen and oxygen atoms in total. The van der Waals surface area contributed by atoms with Gasteiger partial charge < -0.3 is 9.47 Å². The van der Waals surface area contributed by atoms with Gasteiger partial charge in [-0.25, -0.2) is 0 Å². The maximum atomic E-state index is 6.05. The van der Waals surface area contributed by atoms with Gasteiger partial charge in [0.25, 0.3) is 0 Å². The minimum atomic E-state index is -0.0756. The van der Waals surface area contributed by atoms with E-state index in [9.17, 15) is 0 Å². The highest BCUT2D eigenvalue weighted by Crippen LogP contribution is 2.28. The molecular weight excluding hydrogens is 300 g/mol. The summed E-state index contributed by atoms with van der Waals surface area (Å²) in [5, 5.41) is 0. The van der Waals surface area contributed by atoms with Crippen LogP contribution in [-0.2, 0) is 0 Å². The molecule has 3 aromatic rings. The maximum absolute atomic E-state index is 6.05. The minimum Gasteiger partial charge on any atom is -0.486 e. The van der Waals surface area contributed by atoms with Crippen molar-refractivity contribution in [2.24, 2.45) is 0 Å². The fraction of sp³-hybridized carbons (Fsp3) is 0.100. The first-order valence-corrected chi connectivity index (χ1v) is 8.25. The van der Waals surface area contributed by atoms with Crippen LogP contribution in [0.2, 0.25) is 6.04 Å². The van der Waals surface area contributed by atoms with Crippen LogP contribution in [0.3, 0.4) is 0 Å². The van der Waals surface area contributed by atoms with E-state index in [1.807, 2.05) is 84.9 Å². The maximum Gasteiger partial charge on any atom is 0.127 e. The van der Waals surface area contributed by atoms with Gasteiger partial charge in [0, 0.05) is 10.2 Å². The molecule has 3 heteroatoms. The zero-order valence-corrected chi connectivity index (χ0v) is 13.7. The zero-order chi connectivity index (χ0) is 15.9. The monoisotopic (exact) mass is 317 g/mol. The first-order valence-electron chi connectivity index (χ1n) is 7.54. The average Bonchev–Trinajstić information content (AvgIpc) is 2.62. The summed E-state index contributed by atoms with van der Waals surface area (Å²) in [6.45, 7) is 0. The van der Waals surface area contributed by atoms with Crippen molar-refractivity contribution in [3.63, 3.8) is 0 Å². The predicted molar refractivity (Wildman–Crippen MR) is 93.3 cm³/mol. The number of para-hydroxylation sites is 2. The quantitative estimate of drug-likeness (QED) is 0.583. The summed E-state index contributed by atoms with van der Waals surface area (Å²) in [6.07, 6.45) is -0.0756. The number of hydrogen-bond donors (Lipinski definition) is 0. The highest BCUT2D eigenvalue weighted by molar-refractivity contribution is 6.08. The van der Waals surface area contributed by atoms with Gasteiger partial charge in [0.1, 0.15) is 23.4 Å². The van der Waals surface area contributed by atoms with Crippen LogP contribution in [-0.4, -0.2) is 10.2 Å². The molecule has 113 valence electrons. The molecule has 0 saturated carbocycles. The molecule has 3 radical (unpaired) electrons. The average molecular weight is 317 g/mol. The molecule has 0 aliphatic heterocycles. The van der Waals surface area contributed by atoms with Gasteiger partial charge in [0.05, 0.1) is 0 Å². The van der Waals surface area contributed by atoms with Crippen LogP contribution in [0.15, 0.2) is 84.9 Å². The van der Waals surface area contributed by atoms with Crippen LogP contribution in [0.5, 0.6) is 17.2 Å². The Morgan fingerprint density at radius 3 is 1.96 bits per heavy atom. The Labute approximate surface area is 140 Å². The Bertz CT molecular complexity index is 729. The van der Waals surface area contributed by atoms with Gasteiger partial charge in [-0.15, -0.1) is 0 Å². The Balaban J connectivity index is 1.77. The summed E-state index contributed by atoms with van der Waals surface area (Å²) >= 11 is 0. The Hall–Kier alpha value is -2.52. The second-order valence-electron chi connectivity index (χ2n) is 5.11. The van der Waals surface area contributed by atoms with Crippen LogP contribution in [0, 0.1) is 0 Å². The normalized spacial score (nSPS) is 11.7. The minimum absolute atomic E-state index is 0.0756. The lowest BCUT2D eigenvalue weighted by molar-refractivity contribution is 0.227. The Kier molecular flexibility index (Phi) is 5.12. The molecule has 1 unspecified atom stereocenters. The largest absolute Gasteiger partial charge is 0.486 e. The smallest absolute Gasteiger partial charge is 0.127 e. The highest BCUT2D eigenvalue weighted by Gasteiger charge is 2.12. The number of ether oxygens (including phenoxy) is 2. The van der Waals surface area contributed by atoms with Crippen LogP contribution in [0.4, 0.5) is 0 Å². The van der Waals surface area contributed by atoms with Crippen molar-refractivity contribution in [1.29, 1.82) is 0 Å². The first kappa shape index (κ1) is 15.4. The van der Waals surface area contributed by atoms with Gasteiger partial charge in [-0.2, -0.15) is 0 Å². The summed E-state index contributed by atoms with van der Waals surface area (Å²) in [4.78, 5) is 0. The highest BCUT2D eigenvalue weighted by atomic mass is 28.1. The van der Waals surface area contributed by atoms with Gasteiger partial charge in [-0.1, -0.05) is 48.5 Å². The van der Waals surface area contributed by atoms with Gasteiger partial charge in [-0.3, -0.25) is 0 Å². The second kappa shape index (κ2) is 7.65. The molecule has 0 bridgehead atoms. The third-order valence-corrected chi connectivity index (χ3v) is 3.79. The van der Waals surface area contributed by atoms with Crippen molar-refractivity contribution in [2.45, 2.75) is 12.1 Å². The molecule has 0 fully saturated rings. The van der Waals surface area contributed by atoms with Crippen LogP contribution < -0.4 is 9.47 Å². The fourth-order valence-electron chi connectivity index (χ4n) is 2.29. The molecule has 0 aliphatic carbocycles. The molecule has 3 aromatic carbocycles.